The number of furan rings is 1. The van der Waals surface area contributed by atoms with E-state index >= 15 is 0 Å². The van der Waals surface area contributed by atoms with Gasteiger partial charge in [-0.1, -0.05) is 18.2 Å². The molecule has 0 radical (unpaired) electrons. The highest BCUT2D eigenvalue weighted by Crippen LogP contribution is 2.28. The smallest absolute Gasteiger partial charge is 0.238 e. The van der Waals surface area contributed by atoms with Gasteiger partial charge in [0.1, 0.15) is 5.58 Å². The Kier molecular flexibility index (Phi) is 2.84. The van der Waals surface area contributed by atoms with Crippen LogP contribution >= 0.6 is 27.3 Å². The highest BCUT2D eigenvalue weighted by molar-refractivity contribution is 9.11. The van der Waals surface area contributed by atoms with Gasteiger partial charge in [0.15, 0.2) is 5.76 Å². The van der Waals surface area contributed by atoms with E-state index < -0.39 is 0 Å². The van der Waals surface area contributed by atoms with Crippen LogP contribution in [-0.4, -0.2) is 5.78 Å². The summed E-state index contributed by atoms with van der Waals surface area (Å²) in [7, 11) is 0. The number of rotatable bonds is 2. The third kappa shape index (κ3) is 1.91. The van der Waals surface area contributed by atoms with Crippen LogP contribution in [0.2, 0.25) is 0 Å². The van der Waals surface area contributed by atoms with E-state index in [1.54, 1.807) is 12.1 Å². The van der Waals surface area contributed by atoms with Crippen LogP contribution in [0.3, 0.4) is 0 Å². The van der Waals surface area contributed by atoms with E-state index in [0.29, 0.717) is 10.6 Å². The Morgan fingerprint density at radius 1 is 1.28 bits per heavy atom. The number of carbonyl (C=O) groups is 1. The molecule has 2 nitrogen and oxygen atoms in total. The van der Waals surface area contributed by atoms with Crippen molar-refractivity contribution in [3.05, 3.63) is 56.4 Å². The number of hydrogen-bond donors (Lipinski definition) is 0. The number of carbonyl (C=O) groups excluding carboxylic acids is 1. The molecule has 3 aromatic rings. The maximum atomic E-state index is 12.2. The van der Waals surface area contributed by atoms with Gasteiger partial charge in [0.05, 0.1) is 8.66 Å². The highest BCUT2D eigenvalue weighted by Gasteiger charge is 2.16. The third-order valence-corrected chi connectivity index (χ3v) is 4.38. The van der Waals surface area contributed by atoms with Crippen LogP contribution in [0.4, 0.5) is 0 Å². The number of para-hydroxylation sites is 1. The zero-order valence-corrected chi connectivity index (χ0v) is 12.0. The summed E-state index contributed by atoms with van der Waals surface area (Å²) in [6.07, 6.45) is 0. The molecular formula is C14H9BrO2S. The molecule has 0 aliphatic carbocycles. The number of hydrogen-bond acceptors (Lipinski definition) is 3. The summed E-state index contributed by atoms with van der Waals surface area (Å²) in [5.74, 6) is 0.329. The average Bonchev–Trinajstić information content (AvgIpc) is 2.95. The van der Waals surface area contributed by atoms with Crippen molar-refractivity contribution in [3.8, 4) is 0 Å². The predicted octanol–water partition coefficient (Wildman–Crippen LogP) is 4.80. The maximum absolute atomic E-state index is 12.2. The molecule has 0 bridgehead atoms. The van der Waals surface area contributed by atoms with Gasteiger partial charge >= 0.3 is 0 Å². The fraction of sp³-hybridized carbons (Fsp3) is 0.0714. The highest BCUT2D eigenvalue weighted by atomic mass is 79.9. The van der Waals surface area contributed by atoms with Gasteiger partial charge < -0.3 is 4.42 Å². The van der Waals surface area contributed by atoms with E-state index in [9.17, 15) is 4.79 Å². The Morgan fingerprint density at radius 3 is 2.78 bits per heavy atom. The van der Waals surface area contributed by atoms with Crippen molar-refractivity contribution < 1.29 is 9.21 Å². The molecule has 1 aromatic carbocycles. The van der Waals surface area contributed by atoms with E-state index in [4.69, 9.17) is 4.42 Å². The number of fused-ring (bicyclic) bond motifs is 1. The second-order valence-electron chi connectivity index (χ2n) is 4.04. The van der Waals surface area contributed by atoms with Crippen LogP contribution in [0.5, 0.6) is 0 Å². The van der Waals surface area contributed by atoms with Gasteiger partial charge in [-0.05, 0) is 46.6 Å². The Bertz CT molecular complexity index is 739. The molecule has 18 heavy (non-hydrogen) atoms. The number of benzene rings is 1. The summed E-state index contributed by atoms with van der Waals surface area (Å²) in [5, 5.41) is 0.967. The minimum atomic E-state index is -0.0682. The molecule has 3 rings (SSSR count). The molecule has 0 saturated heterocycles. The first-order valence-electron chi connectivity index (χ1n) is 5.44. The lowest BCUT2D eigenvalue weighted by atomic mass is 10.1. The SMILES string of the molecule is Cc1cccc2cc(C(=O)c3ccc(Br)s3)oc12. The summed E-state index contributed by atoms with van der Waals surface area (Å²) >= 11 is 4.77. The number of aryl methyl sites for hydroxylation is 1. The molecule has 0 aliphatic heterocycles. The van der Waals surface area contributed by atoms with Crippen molar-refractivity contribution in [2.24, 2.45) is 0 Å². The first kappa shape index (κ1) is 11.7. The molecule has 0 amide bonds. The quantitative estimate of drug-likeness (QED) is 0.635. The zero-order valence-electron chi connectivity index (χ0n) is 9.57. The van der Waals surface area contributed by atoms with E-state index in [0.717, 1.165) is 20.3 Å². The van der Waals surface area contributed by atoms with Crippen LogP contribution in [0.1, 0.15) is 21.0 Å². The van der Waals surface area contributed by atoms with E-state index in [-0.39, 0.29) is 5.78 Å². The molecule has 0 spiro atoms. The fourth-order valence-electron chi connectivity index (χ4n) is 1.88. The van der Waals surface area contributed by atoms with Crippen LogP contribution in [-0.2, 0) is 0 Å². The molecule has 0 fully saturated rings. The van der Waals surface area contributed by atoms with Gasteiger partial charge in [-0.15, -0.1) is 11.3 Å². The van der Waals surface area contributed by atoms with E-state index in [1.165, 1.54) is 11.3 Å². The summed E-state index contributed by atoms with van der Waals surface area (Å²) in [4.78, 5) is 12.9. The first-order chi connectivity index (χ1) is 8.65. The molecule has 2 heterocycles. The van der Waals surface area contributed by atoms with Crippen molar-refractivity contribution in [1.82, 2.24) is 0 Å². The summed E-state index contributed by atoms with van der Waals surface area (Å²) in [6, 6.07) is 11.4. The minimum Gasteiger partial charge on any atom is -0.452 e. The molecule has 0 aliphatic rings. The Balaban J connectivity index is 2.10. The molecule has 0 N–H and O–H groups in total. The first-order valence-corrected chi connectivity index (χ1v) is 7.05. The van der Waals surface area contributed by atoms with Gasteiger partial charge in [-0.25, -0.2) is 0 Å². The topological polar surface area (TPSA) is 30.2 Å². The second-order valence-corrected chi connectivity index (χ2v) is 6.50. The van der Waals surface area contributed by atoms with Gasteiger partial charge in [-0.2, -0.15) is 0 Å². The van der Waals surface area contributed by atoms with Crippen molar-refractivity contribution in [3.63, 3.8) is 0 Å². The largest absolute Gasteiger partial charge is 0.452 e. The fourth-order valence-corrected chi connectivity index (χ4v) is 3.21. The van der Waals surface area contributed by atoms with Crippen LogP contribution in [0.25, 0.3) is 11.0 Å². The van der Waals surface area contributed by atoms with Crippen LogP contribution < -0.4 is 0 Å². The van der Waals surface area contributed by atoms with Crippen molar-refractivity contribution in [1.29, 1.82) is 0 Å². The summed E-state index contributed by atoms with van der Waals surface area (Å²) in [6.45, 7) is 1.97. The Morgan fingerprint density at radius 2 is 2.11 bits per heavy atom. The Labute approximate surface area is 116 Å². The number of halogens is 1. The molecule has 0 atom stereocenters. The van der Waals surface area contributed by atoms with Crippen molar-refractivity contribution in [2.45, 2.75) is 6.92 Å². The molecule has 90 valence electrons. The third-order valence-electron chi connectivity index (χ3n) is 2.76. The lowest BCUT2D eigenvalue weighted by Gasteiger charge is -1.93. The lowest BCUT2D eigenvalue weighted by Crippen LogP contribution is -1.95. The van der Waals surface area contributed by atoms with Gasteiger partial charge in [0.25, 0.3) is 0 Å². The number of ketones is 1. The molecular weight excluding hydrogens is 312 g/mol. The van der Waals surface area contributed by atoms with Gasteiger partial charge in [0, 0.05) is 5.39 Å². The van der Waals surface area contributed by atoms with Gasteiger partial charge in [-0.3, -0.25) is 4.79 Å². The van der Waals surface area contributed by atoms with Crippen molar-refractivity contribution >= 4 is 44.0 Å². The summed E-state index contributed by atoms with van der Waals surface area (Å²) < 4.78 is 6.61. The van der Waals surface area contributed by atoms with Crippen LogP contribution in [0, 0.1) is 6.92 Å². The lowest BCUT2D eigenvalue weighted by molar-refractivity contribution is 0.101. The normalized spacial score (nSPS) is 11.0. The monoisotopic (exact) mass is 320 g/mol. The molecule has 0 saturated carbocycles. The zero-order chi connectivity index (χ0) is 12.7. The van der Waals surface area contributed by atoms with Gasteiger partial charge in [0.2, 0.25) is 5.78 Å². The standard InChI is InChI=1S/C14H9BrO2S/c1-8-3-2-4-9-7-10(17-14(8)9)13(16)11-5-6-12(15)18-11/h2-7H,1H3. The molecule has 0 unspecified atom stereocenters. The van der Waals surface area contributed by atoms with E-state index in [2.05, 4.69) is 15.9 Å². The maximum Gasteiger partial charge on any atom is 0.238 e. The number of thiophene rings is 1. The second kappa shape index (κ2) is 4.37. The molecule has 2 aromatic heterocycles. The molecule has 4 heteroatoms. The van der Waals surface area contributed by atoms with E-state index in [1.807, 2.05) is 31.2 Å². The minimum absolute atomic E-state index is 0.0682. The van der Waals surface area contributed by atoms with Crippen LogP contribution in [0.15, 0.2) is 44.6 Å². The summed E-state index contributed by atoms with van der Waals surface area (Å²) in [5.41, 5.74) is 1.83. The average molecular weight is 321 g/mol. The predicted molar refractivity (Wildman–Crippen MR) is 76.4 cm³/mol. The Hall–Kier alpha value is -1.39. The van der Waals surface area contributed by atoms with Crippen molar-refractivity contribution in [2.75, 3.05) is 0 Å².